The Balaban J connectivity index is 3.25. The summed E-state index contributed by atoms with van der Waals surface area (Å²) in [6, 6.07) is 0. The molecule has 0 aliphatic rings. The van der Waals surface area contributed by atoms with E-state index in [2.05, 4.69) is 6.58 Å². The van der Waals surface area contributed by atoms with E-state index in [1.165, 1.54) is 0 Å². The van der Waals surface area contributed by atoms with Crippen molar-refractivity contribution in [2.24, 2.45) is 5.73 Å². The summed E-state index contributed by atoms with van der Waals surface area (Å²) in [4.78, 5) is 0. The van der Waals surface area contributed by atoms with Crippen molar-refractivity contribution in [3.05, 3.63) is 24.4 Å². The third kappa shape index (κ3) is 5.28. The Bertz CT molecular complexity index is 78.2. The van der Waals surface area contributed by atoms with E-state index in [1.807, 2.05) is 19.1 Å². The summed E-state index contributed by atoms with van der Waals surface area (Å²) in [6.07, 6.45) is 4.62. The summed E-state index contributed by atoms with van der Waals surface area (Å²) >= 11 is 0. The molecule has 0 saturated carbocycles. The number of rotatable bonds is 2. The van der Waals surface area contributed by atoms with Gasteiger partial charge in [-0.05, 0) is 13.3 Å². The van der Waals surface area contributed by atoms with Gasteiger partial charge in [0, 0.05) is 5.70 Å². The monoisotopic (exact) mass is 97.1 g/mol. The molecule has 0 aromatic heterocycles. The van der Waals surface area contributed by atoms with E-state index in [9.17, 15) is 0 Å². The van der Waals surface area contributed by atoms with Gasteiger partial charge in [0.05, 0.1) is 0 Å². The first-order valence-corrected chi connectivity index (χ1v) is 2.30. The van der Waals surface area contributed by atoms with Gasteiger partial charge < -0.3 is 5.73 Å². The van der Waals surface area contributed by atoms with Crippen LogP contribution in [0.1, 0.15) is 13.3 Å². The van der Waals surface area contributed by atoms with Crippen molar-refractivity contribution in [1.29, 1.82) is 0 Å². The zero-order valence-electron chi connectivity index (χ0n) is 4.65. The minimum atomic E-state index is 0.861. The van der Waals surface area contributed by atoms with Crippen LogP contribution in [-0.2, 0) is 0 Å². The van der Waals surface area contributed by atoms with Gasteiger partial charge in [-0.15, -0.1) is 6.58 Å². The van der Waals surface area contributed by atoms with Gasteiger partial charge in [-0.1, -0.05) is 12.2 Å². The van der Waals surface area contributed by atoms with Crippen LogP contribution in [-0.4, -0.2) is 0 Å². The van der Waals surface area contributed by atoms with E-state index in [4.69, 9.17) is 5.73 Å². The van der Waals surface area contributed by atoms with E-state index in [-0.39, 0.29) is 0 Å². The molecule has 1 nitrogen and oxygen atoms in total. The molecule has 40 valence electrons. The van der Waals surface area contributed by atoms with Gasteiger partial charge in [-0.25, -0.2) is 0 Å². The van der Waals surface area contributed by atoms with Gasteiger partial charge in [-0.2, -0.15) is 0 Å². The first-order valence-electron chi connectivity index (χ1n) is 2.30. The molecule has 0 atom stereocenters. The predicted octanol–water partition coefficient (Wildman–Crippen LogP) is 1.43. The maximum atomic E-state index is 5.29. The lowest BCUT2D eigenvalue weighted by molar-refractivity contribution is 1.24. The SMILES string of the molecule is C=CC/C=C(\C)N. The van der Waals surface area contributed by atoms with Crippen molar-refractivity contribution in [1.82, 2.24) is 0 Å². The Labute approximate surface area is 44.5 Å². The average Bonchev–Trinajstić information content (AvgIpc) is 1.61. The van der Waals surface area contributed by atoms with Crippen LogP contribution < -0.4 is 5.73 Å². The average molecular weight is 97.2 g/mol. The topological polar surface area (TPSA) is 26.0 Å². The van der Waals surface area contributed by atoms with Crippen LogP contribution in [0.2, 0.25) is 0 Å². The van der Waals surface area contributed by atoms with Crippen molar-refractivity contribution in [2.75, 3.05) is 0 Å². The maximum Gasteiger partial charge on any atom is 0.00115 e. The van der Waals surface area contributed by atoms with Crippen LogP contribution in [0, 0.1) is 0 Å². The van der Waals surface area contributed by atoms with Gasteiger partial charge in [0.15, 0.2) is 0 Å². The third-order valence-electron chi connectivity index (χ3n) is 0.606. The second kappa shape index (κ2) is 3.47. The van der Waals surface area contributed by atoms with Gasteiger partial charge in [-0.3, -0.25) is 0 Å². The summed E-state index contributed by atoms with van der Waals surface area (Å²) in [7, 11) is 0. The Morgan fingerprint density at radius 1 is 1.86 bits per heavy atom. The van der Waals surface area contributed by atoms with Gasteiger partial charge in [0.2, 0.25) is 0 Å². The van der Waals surface area contributed by atoms with Crippen molar-refractivity contribution in [3.8, 4) is 0 Å². The largest absolute Gasteiger partial charge is 0.403 e. The lowest BCUT2D eigenvalue weighted by Gasteiger charge is -1.83. The Hall–Kier alpha value is -0.720. The lowest BCUT2D eigenvalue weighted by Crippen LogP contribution is -1.88. The molecule has 1 heteroatoms. The van der Waals surface area contributed by atoms with Crippen molar-refractivity contribution in [2.45, 2.75) is 13.3 Å². The molecule has 0 bridgehead atoms. The minimum absolute atomic E-state index is 0.861. The fourth-order valence-electron chi connectivity index (χ4n) is 0.269. The fraction of sp³-hybridized carbons (Fsp3) is 0.333. The predicted molar refractivity (Wildman–Crippen MR) is 32.8 cm³/mol. The third-order valence-corrected chi connectivity index (χ3v) is 0.606. The highest BCUT2D eigenvalue weighted by molar-refractivity contribution is 4.95. The van der Waals surface area contributed by atoms with Gasteiger partial charge in [0.1, 0.15) is 0 Å². The molecular formula is C6H11N. The molecule has 0 aromatic carbocycles. The summed E-state index contributed by atoms with van der Waals surface area (Å²) in [6.45, 7) is 5.40. The number of nitrogens with two attached hydrogens (primary N) is 1. The second-order valence-corrected chi connectivity index (χ2v) is 1.47. The van der Waals surface area contributed by atoms with Crippen LogP contribution in [0.25, 0.3) is 0 Å². The normalized spacial score (nSPS) is 11.3. The van der Waals surface area contributed by atoms with E-state index in [1.54, 1.807) is 0 Å². The Morgan fingerprint density at radius 3 is 2.57 bits per heavy atom. The number of hydrogen-bond donors (Lipinski definition) is 1. The first kappa shape index (κ1) is 6.28. The quantitative estimate of drug-likeness (QED) is 0.518. The van der Waals surface area contributed by atoms with E-state index < -0.39 is 0 Å². The van der Waals surface area contributed by atoms with Crippen LogP contribution in [0.15, 0.2) is 24.4 Å². The highest BCUT2D eigenvalue weighted by Crippen LogP contribution is 1.85. The summed E-state index contributed by atoms with van der Waals surface area (Å²) in [5.41, 5.74) is 6.15. The smallest absolute Gasteiger partial charge is 0.00115 e. The molecule has 0 heterocycles. The van der Waals surface area contributed by atoms with Crippen LogP contribution in [0.4, 0.5) is 0 Å². The molecule has 2 N–H and O–H groups in total. The Kier molecular flexibility index (Phi) is 3.11. The molecule has 0 fully saturated rings. The van der Waals surface area contributed by atoms with Crippen molar-refractivity contribution < 1.29 is 0 Å². The highest BCUT2D eigenvalue weighted by Gasteiger charge is 1.69. The highest BCUT2D eigenvalue weighted by atomic mass is 14.5. The molecule has 7 heavy (non-hydrogen) atoms. The maximum absolute atomic E-state index is 5.29. The lowest BCUT2D eigenvalue weighted by atomic mass is 10.3. The van der Waals surface area contributed by atoms with E-state index in [0.717, 1.165) is 12.1 Å². The molecule has 0 spiro atoms. The van der Waals surface area contributed by atoms with Crippen LogP contribution in [0.3, 0.4) is 0 Å². The van der Waals surface area contributed by atoms with Crippen LogP contribution in [0.5, 0.6) is 0 Å². The molecule has 0 aliphatic carbocycles. The molecule has 0 rings (SSSR count). The molecule has 0 radical (unpaired) electrons. The van der Waals surface area contributed by atoms with E-state index in [0.29, 0.717) is 0 Å². The minimum Gasteiger partial charge on any atom is -0.403 e. The summed E-state index contributed by atoms with van der Waals surface area (Å²) in [5.74, 6) is 0. The van der Waals surface area contributed by atoms with E-state index >= 15 is 0 Å². The Morgan fingerprint density at radius 2 is 2.43 bits per heavy atom. The first-order chi connectivity index (χ1) is 3.27. The second-order valence-electron chi connectivity index (χ2n) is 1.47. The summed E-state index contributed by atoms with van der Waals surface area (Å²) in [5, 5.41) is 0. The van der Waals surface area contributed by atoms with Crippen LogP contribution >= 0.6 is 0 Å². The number of allylic oxidation sites excluding steroid dienone is 3. The standard InChI is InChI=1S/C6H11N/c1-3-4-5-6(2)7/h3,5H,1,4,7H2,2H3/b6-5+. The zero-order chi connectivity index (χ0) is 5.70. The van der Waals surface area contributed by atoms with Gasteiger partial charge >= 0.3 is 0 Å². The molecular weight excluding hydrogens is 86.1 g/mol. The fourth-order valence-corrected chi connectivity index (χ4v) is 0.269. The van der Waals surface area contributed by atoms with Gasteiger partial charge in [0.25, 0.3) is 0 Å². The molecule has 0 unspecified atom stereocenters. The van der Waals surface area contributed by atoms with Crippen molar-refractivity contribution in [3.63, 3.8) is 0 Å². The number of hydrogen-bond acceptors (Lipinski definition) is 1. The van der Waals surface area contributed by atoms with Crippen molar-refractivity contribution >= 4 is 0 Å². The molecule has 0 aromatic rings. The molecule has 0 saturated heterocycles. The summed E-state index contributed by atoms with van der Waals surface area (Å²) < 4.78 is 0. The molecule has 0 aliphatic heterocycles. The molecule has 0 amide bonds. The zero-order valence-corrected chi connectivity index (χ0v) is 4.65.